The van der Waals surface area contributed by atoms with Gasteiger partial charge in [0.05, 0.1) is 18.4 Å². The van der Waals surface area contributed by atoms with E-state index in [0.29, 0.717) is 16.9 Å². The lowest BCUT2D eigenvalue weighted by Gasteiger charge is -2.08. The van der Waals surface area contributed by atoms with Crippen molar-refractivity contribution in [1.29, 1.82) is 0 Å². The largest absolute Gasteiger partial charge is 0.398 e. The van der Waals surface area contributed by atoms with Crippen LogP contribution in [0.3, 0.4) is 0 Å². The molecule has 102 valence electrons. The second-order valence-corrected chi connectivity index (χ2v) is 6.41. The van der Waals surface area contributed by atoms with Crippen LogP contribution in [0.1, 0.15) is 11.1 Å². The predicted molar refractivity (Wildman–Crippen MR) is 86.3 cm³/mol. The smallest absolute Gasteiger partial charge is 0.271 e. The predicted octanol–water partition coefficient (Wildman–Crippen LogP) is 3.16. The third-order valence-electron chi connectivity index (χ3n) is 3.17. The Labute approximate surface area is 128 Å². The maximum atomic E-state index is 12.4. The lowest BCUT2D eigenvalue weighted by atomic mass is 10.2. The Morgan fingerprint density at radius 3 is 3.00 bits per heavy atom. The molecular formula is C14H12BrN3OS. The number of aryl methyl sites for hydroxylation is 1. The molecular weight excluding hydrogens is 338 g/mol. The first-order valence-corrected chi connectivity index (χ1v) is 7.70. The number of fused-ring (bicyclic) bond motifs is 1. The summed E-state index contributed by atoms with van der Waals surface area (Å²) in [5.41, 5.74) is 9.35. The van der Waals surface area contributed by atoms with Gasteiger partial charge in [0.1, 0.15) is 4.70 Å². The summed E-state index contributed by atoms with van der Waals surface area (Å²) in [5, 5.41) is 1.96. The number of aromatic nitrogens is 2. The highest BCUT2D eigenvalue weighted by Crippen LogP contribution is 2.21. The van der Waals surface area contributed by atoms with E-state index < -0.39 is 0 Å². The molecule has 0 saturated carbocycles. The lowest BCUT2D eigenvalue weighted by Crippen LogP contribution is -2.20. The van der Waals surface area contributed by atoms with Crippen LogP contribution in [0.15, 0.2) is 39.2 Å². The maximum Gasteiger partial charge on any atom is 0.271 e. The van der Waals surface area contributed by atoms with E-state index in [-0.39, 0.29) is 5.56 Å². The van der Waals surface area contributed by atoms with Crippen LogP contribution in [-0.4, -0.2) is 9.55 Å². The average molecular weight is 350 g/mol. The van der Waals surface area contributed by atoms with Crippen molar-refractivity contribution in [3.63, 3.8) is 0 Å². The normalized spacial score (nSPS) is 11.1. The highest BCUT2D eigenvalue weighted by molar-refractivity contribution is 9.10. The fourth-order valence-electron chi connectivity index (χ4n) is 2.07. The van der Waals surface area contributed by atoms with E-state index in [4.69, 9.17) is 5.73 Å². The van der Waals surface area contributed by atoms with Crippen molar-refractivity contribution in [2.45, 2.75) is 13.5 Å². The minimum atomic E-state index is -0.0181. The highest BCUT2D eigenvalue weighted by atomic mass is 79.9. The first-order valence-electron chi connectivity index (χ1n) is 6.03. The molecule has 0 aliphatic rings. The van der Waals surface area contributed by atoms with Gasteiger partial charge in [-0.25, -0.2) is 4.98 Å². The summed E-state index contributed by atoms with van der Waals surface area (Å²) in [6, 6.07) is 5.66. The van der Waals surface area contributed by atoms with Gasteiger partial charge in [-0.3, -0.25) is 9.36 Å². The second-order valence-electron chi connectivity index (χ2n) is 4.62. The van der Waals surface area contributed by atoms with Crippen LogP contribution in [0.5, 0.6) is 0 Å². The number of hydrogen-bond acceptors (Lipinski definition) is 4. The summed E-state index contributed by atoms with van der Waals surface area (Å²) in [5.74, 6) is 0. The van der Waals surface area contributed by atoms with E-state index in [9.17, 15) is 4.79 Å². The minimum absolute atomic E-state index is 0.0181. The SMILES string of the molecule is Cc1csc2c(=O)n(Cc3ccc(Br)cc3N)cnc12. The highest BCUT2D eigenvalue weighted by Gasteiger charge is 2.09. The van der Waals surface area contributed by atoms with Crippen molar-refractivity contribution >= 4 is 43.2 Å². The molecule has 2 N–H and O–H groups in total. The van der Waals surface area contributed by atoms with Crippen LogP contribution in [-0.2, 0) is 6.54 Å². The number of benzene rings is 1. The molecule has 20 heavy (non-hydrogen) atoms. The van der Waals surface area contributed by atoms with Crippen molar-refractivity contribution in [2.24, 2.45) is 0 Å². The number of rotatable bonds is 2. The van der Waals surface area contributed by atoms with Gasteiger partial charge in [-0.05, 0) is 35.6 Å². The number of halogens is 1. The van der Waals surface area contributed by atoms with Gasteiger partial charge in [0.2, 0.25) is 0 Å². The Kier molecular flexibility index (Phi) is 3.35. The number of thiophene rings is 1. The van der Waals surface area contributed by atoms with Gasteiger partial charge in [0, 0.05) is 10.2 Å². The molecule has 2 aromatic heterocycles. The van der Waals surface area contributed by atoms with Gasteiger partial charge in [-0.1, -0.05) is 22.0 Å². The van der Waals surface area contributed by atoms with Crippen LogP contribution in [0.25, 0.3) is 10.2 Å². The molecule has 2 heterocycles. The van der Waals surface area contributed by atoms with Crippen molar-refractivity contribution in [2.75, 3.05) is 5.73 Å². The molecule has 6 heteroatoms. The van der Waals surface area contributed by atoms with Gasteiger partial charge in [0.15, 0.2) is 0 Å². The quantitative estimate of drug-likeness (QED) is 0.723. The van der Waals surface area contributed by atoms with E-state index in [1.165, 1.54) is 11.3 Å². The Balaban J connectivity index is 2.07. The maximum absolute atomic E-state index is 12.4. The molecule has 3 aromatic rings. The third-order valence-corrected chi connectivity index (χ3v) is 4.74. The zero-order valence-electron chi connectivity index (χ0n) is 10.8. The van der Waals surface area contributed by atoms with Gasteiger partial charge < -0.3 is 5.73 Å². The molecule has 0 aliphatic heterocycles. The Hall–Kier alpha value is -1.66. The van der Waals surface area contributed by atoms with Crippen molar-refractivity contribution < 1.29 is 0 Å². The molecule has 0 amide bonds. The van der Waals surface area contributed by atoms with Gasteiger partial charge >= 0.3 is 0 Å². The standard InChI is InChI=1S/C14H12BrN3OS/c1-8-6-20-13-12(8)17-7-18(14(13)19)5-9-2-3-10(15)4-11(9)16/h2-4,6-7H,5,16H2,1H3. The van der Waals surface area contributed by atoms with Crippen molar-refractivity contribution in [3.05, 3.63) is 55.9 Å². The van der Waals surface area contributed by atoms with Crippen molar-refractivity contribution in [3.8, 4) is 0 Å². The number of anilines is 1. The second kappa shape index (κ2) is 5.03. The lowest BCUT2D eigenvalue weighted by molar-refractivity contribution is 0.751. The minimum Gasteiger partial charge on any atom is -0.398 e. The Morgan fingerprint density at radius 2 is 2.25 bits per heavy atom. The summed E-state index contributed by atoms with van der Waals surface area (Å²) in [7, 11) is 0. The number of nitrogen functional groups attached to an aromatic ring is 1. The summed E-state index contributed by atoms with van der Waals surface area (Å²) in [6.07, 6.45) is 1.59. The molecule has 0 spiro atoms. The van der Waals surface area contributed by atoms with Crippen LogP contribution < -0.4 is 11.3 Å². The zero-order chi connectivity index (χ0) is 14.3. The van der Waals surface area contributed by atoms with Gasteiger partial charge in [-0.15, -0.1) is 11.3 Å². The molecule has 0 aliphatic carbocycles. The zero-order valence-corrected chi connectivity index (χ0v) is 13.2. The monoisotopic (exact) mass is 349 g/mol. The fourth-order valence-corrected chi connectivity index (χ4v) is 3.39. The Bertz CT molecular complexity index is 853. The fraction of sp³-hybridized carbons (Fsp3) is 0.143. The van der Waals surface area contributed by atoms with E-state index in [2.05, 4.69) is 20.9 Å². The topological polar surface area (TPSA) is 60.9 Å². The van der Waals surface area contributed by atoms with E-state index >= 15 is 0 Å². The van der Waals surface area contributed by atoms with Gasteiger partial charge in [0.25, 0.3) is 5.56 Å². The van der Waals surface area contributed by atoms with Crippen LogP contribution >= 0.6 is 27.3 Å². The summed E-state index contributed by atoms with van der Waals surface area (Å²) >= 11 is 4.81. The molecule has 0 atom stereocenters. The molecule has 3 rings (SSSR count). The van der Waals surface area contributed by atoms with Crippen molar-refractivity contribution in [1.82, 2.24) is 9.55 Å². The van der Waals surface area contributed by atoms with E-state index in [0.717, 1.165) is 21.1 Å². The van der Waals surface area contributed by atoms with Crippen LogP contribution in [0.4, 0.5) is 5.69 Å². The molecule has 4 nitrogen and oxygen atoms in total. The summed E-state index contributed by atoms with van der Waals surface area (Å²) in [4.78, 5) is 16.8. The number of hydrogen-bond donors (Lipinski definition) is 1. The molecule has 1 aromatic carbocycles. The molecule has 0 saturated heterocycles. The summed E-state index contributed by atoms with van der Waals surface area (Å²) in [6.45, 7) is 2.39. The summed E-state index contributed by atoms with van der Waals surface area (Å²) < 4.78 is 3.21. The van der Waals surface area contributed by atoms with Crippen LogP contribution in [0, 0.1) is 6.92 Å². The van der Waals surface area contributed by atoms with Crippen LogP contribution in [0.2, 0.25) is 0 Å². The molecule has 0 bridgehead atoms. The molecule has 0 radical (unpaired) electrons. The first-order chi connectivity index (χ1) is 9.56. The molecule has 0 unspecified atom stereocenters. The van der Waals surface area contributed by atoms with E-state index in [1.807, 2.05) is 30.5 Å². The van der Waals surface area contributed by atoms with Gasteiger partial charge in [-0.2, -0.15) is 0 Å². The first kappa shape index (κ1) is 13.3. The van der Waals surface area contributed by atoms with E-state index in [1.54, 1.807) is 10.9 Å². The number of nitrogens with zero attached hydrogens (tertiary/aromatic N) is 2. The number of nitrogens with two attached hydrogens (primary N) is 1. The molecule has 0 fully saturated rings. The Morgan fingerprint density at radius 1 is 1.45 bits per heavy atom. The average Bonchev–Trinajstić information content (AvgIpc) is 2.78. The third kappa shape index (κ3) is 2.25.